The molecule has 1 aliphatic heterocycles. The van der Waals surface area contributed by atoms with Crippen molar-refractivity contribution in [1.29, 1.82) is 0 Å². The Morgan fingerprint density at radius 3 is 2.42 bits per heavy atom. The maximum atomic E-state index is 12.1. The number of carbonyl (C=O) groups excluding carboxylic acids is 1. The van der Waals surface area contributed by atoms with Crippen molar-refractivity contribution in [3.05, 3.63) is 0 Å². The molecule has 2 N–H and O–H groups in total. The predicted octanol–water partition coefficient (Wildman–Crippen LogP) is 1.78. The zero-order chi connectivity index (χ0) is 14.2. The highest BCUT2D eigenvalue weighted by Gasteiger charge is 2.46. The number of hydrogen-bond donors (Lipinski definition) is 2. The first-order valence-electron chi connectivity index (χ1n) is 7.11. The average Bonchev–Trinajstić information content (AvgIpc) is 3.03. The third-order valence-corrected chi connectivity index (χ3v) is 4.93. The second kappa shape index (κ2) is 5.02. The summed E-state index contributed by atoms with van der Waals surface area (Å²) >= 11 is 0. The lowest BCUT2D eigenvalue weighted by molar-refractivity contribution is -0.142. The third-order valence-electron chi connectivity index (χ3n) is 4.93. The summed E-state index contributed by atoms with van der Waals surface area (Å²) in [5.74, 6) is -0.616. The highest BCUT2D eigenvalue weighted by Crippen LogP contribution is 2.51. The SMILES string of the molecule is CC(C)C1(CNC(=O)N2C[C@@H](C)[C@H](C(=O)O)C2)CC1. The Balaban J connectivity index is 1.83. The van der Waals surface area contributed by atoms with Gasteiger partial charge in [-0.25, -0.2) is 4.79 Å². The number of carboxylic acids is 1. The van der Waals surface area contributed by atoms with Gasteiger partial charge in [0.2, 0.25) is 0 Å². The molecule has 2 rings (SSSR count). The standard InChI is InChI=1S/C14H24N2O3/c1-9(2)14(4-5-14)8-15-13(19)16-6-10(3)11(7-16)12(17)18/h9-11H,4-8H2,1-3H3,(H,15,19)(H,17,18)/t10-,11-/m1/s1. The van der Waals surface area contributed by atoms with E-state index in [2.05, 4.69) is 19.2 Å². The van der Waals surface area contributed by atoms with Gasteiger partial charge >= 0.3 is 12.0 Å². The number of urea groups is 1. The van der Waals surface area contributed by atoms with Crippen LogP contribution in [0.4, 0.5) is 4.79 Å². The topological polar surface area (TPSA) is 69.6 Å². The van der Waals surface area contributed by atoms with Crippen LogP contribution in [0, 0.1) is 23.2 Å². The molecule has 0 spiro atoms. The van der Waals surface area contributed by atoms with Crippen LogP contribution >= 0.6 is 0 Å². The van der Waals surface area contributed by atoms with E-state index in [0.29, 0.717) is 25.6 Å². The van der Waals surface area contributed by atoms with Gasteiger partial charge in [-0.1, -0.05) is 20.8 Å². The number of amides is 2. The van der Waals surface area contributed by atoms with E-state index in [-0.39, 0.29) is 17.4 Å². The number of nitrogens with zero attached hydrogens (tertiary/aromatic N) is 1. The quantitative estimate of drug-likeness (QED) is 0.816. The molecule has 1 aliphatic carbocycles. The molecule has 2 fully saturated rings. The van der Waals surface area contributed by atoms with Crippen LogP contribution in [-0.4, -0.2) is 41.6 Å². The Morgan fingerprint density at radius 1 is 1.37 bits per heavy atom. The fourth-order valence-corrected chi connectivity index (χ4v) is 2.94. The molecule has 108 valence electrons. The van der Waals surface area contributed by atoms with Gasteiger partial charge in [-0.2, -0.15) is 0 Å². The maximum absolute atomic E-state index is 12.1. The lowest BCUT2D eigenvalue weighted by Crippen LogP contribution is -2.42. The number of carboxylic acid groups (broad SMARTS) is 1. The van der Waals surface area contributed by atoms with Crippen LogP contribution < -0.4 is 5.32 Å². The normalized spacial score (nSPS) is 28.5. The van der Waals surface area contributed by atoms with Crippen LogP contribution in [-0.2, 0) is 4.79 Å². The first kappa shape index (κ1) is 14.2. The molecule has 2 atom stereocenters. The zero-order valence-corrected chi connectivity index (χ0v) is 12.0. The third kappa shape index (κ3) is 2.85. The average molecular weight is 268 g/mol. The second-order valence-electron chi connectivity index (χ2n) is 6.50. The lowest BCUT2D eigenvalue weighted by atomic mass is 9.92. The number of rotatable bonds is 4. The van der Waals surface area contributed by atoms with E-state index >= 15 is 0 Å². The van der Waals surface area contributed by atoms with E-state index in [0.717, 1.165) is 0 Å². The van der Waals surface area contributed by atoms with Crippen LogP contribution in [0.1, 0.15) is 33.6 Å². The van der Waals surface area contributed by atoms with E-state index in [1.165, 1.54) is 12.8 Å². The van der Waals surface area contributed by atoms with Gasteiger partial charge in [-0.05, 0) is 30.1 Å². The van der Waals surface area contributed by atoms with Crippen molar-refractivity contribution >= 4 is 12.0 Å². The fourth-order valence-electron chi connectivity index (χ4n) is 2.94. The Labute approximate surface area is 114 Å². The molecule has 2 aliphatic rings. The van der Waals surface area contributed by atoms with Crippen molar-refractivity contribution in [3.63, 3.8) is 0 Å². The number of aliphatic carboxylic acids is 1. The molecule has 1 saturated heterocycles. The number of hydrogen-bond acceptors (Lipinski definition) is 2. The van der Waals surface area contributed by atoms with E-state index < -0.39 is 11.9 Å². The minimum absolute atomic E-state index is 0.0308. The zero-order valence-electron chi connectivity index (χ0n) is 12.0. The first-order chi connectivity index (χ1) is 8.85. The molecule has 5 heteroatoms. The minimum Gasteiger partial charge on any atom is -0.481 e. The van der Waals surface area contributed by atoms with Gasteiger partial charge in [0.1, 0.15) is 0 Å². The summed E-state index contributed by atoms with van der Waals surface area (Å²) in [6.07, 6.45) is 2.36. The molecule has 1 saturated carbocycles. The molecular weight excluding hydrogens is 244 g/mol. The molecule has 0 aromatic carbocycles. The Bertz CT molecular complexity index is 377. The Hall–Kier alpha value is -1.26. The van der Waals surface area contributed by atoms with Gasteiger partial charge in [0, 0.05) is 19.6 Å². The molecule has 5 nitrogen and oxygen atoms in total. The van der Waals surface area contributed by atoms with Crippen LogP contribution in [0.3, 0.4) is 0 Å². The summed E-state index contributed by atoms with van der Waals surface area (Å²) in [7, 11) is 0. The van der Waals surface area contributed by atoms with Gasteiger partial charge in [-0.15, -0.1) is 0 Å². The van der Waals surface area contributed by atoms with Gasteiger partial charge in [-0.3, -0.25) is 4.79 Å². The van der Waals surface area contributed by atoms with Crippen LogP contribution in [0.25, 0.3) is 0 Å². The van der Waals surface area contributed by atoms with Gasteiger partial charge < -0.3 is 15.3 Å². The van der Waals surface area contributed by atoms with Crippen molar-refractivity contribution in [2.75, 3.05) is 19.6 Å². The summed E-state index contributed by atoms with van der Waals surface area (Å²) in [6.45, 7) is 7.86. The molecule has 2 amide bonds. The smallest absolute Gasteiger partial charge is 0.317 e. The fraction of sp³-hybridized carbons (Fsp3) is 0.857. The predicted molar refractivity (Wildman–Crippen MR) is 71.8 cm³/mol. The Kier molecular flexibility index (Phi) is 3.74. The molecule has 0 aromatic heterocycles. The molecule has 1 heterocycles. The Morgan fingerprint density at radius 2 is 2.00 bits per heavy atom. The highest BCUT2D eigenvalue weighted by atomic mass is 16.4. The van der Waals surface area contributed by atoms with Crippen molar-refractivity contribution < 1.29 is 14.7 Å². The van der Waals surface area contributed by atoms with Crippen LogP contribution in [0.15, 0.2) is 0 Å². The minimum atomic E-state index is -0.802. The van der Waals surface area contributed by atoms with E-state index in [1.807, 2.05) is 6.92 Å². The van der Waals surface area contributed by atoms with E-state index in [9.17, 15) is 9.59 Å². The number of carbonyl (C=O) groups is 2. The largest absolute Gasteiger partial charge is 0.481 e. The summed E-state index contributed by atoms with van der Waals surface area (Å²) in [6, 6.07) is -0.109. The van der Waals surface area contributed by atoms with Gasteiger partial charge in [0.05, 0.1) is 5.92 Å². The van der Waals surface area contributed by atoms with Crippen molar-refractivity contribution in [2.45, 2.75) is 33.6 Å². The summed E-state index contributed by atoms with van der Waals surface area (Å²) in [5.41, 5.74) is 0.285. The molecule has 0 bridgehead atoms. The van der Waals surface area contributed by atoms with Crippen LogP contribution in [0.5, 0.6) is 0 Å². The molecule has 19 heavy (non-hydrogen) atoms. The summed E-state index contributed by atoms with van der Waals surface area (Å²) in [5, 5.41) is 12.0. The van der Waals surface area contributed by atoms with Crippen molar-refractivity contribution in [1.82, 2.24) is 10.2 Å². The number of nitrogens with one attached hydrogen (secondary N) is 1. The highest BCUT2D eigenvalue weighted by molar-refractivity contribution is 5.77. The molecule has 0 unspecified atom stereocenters. The molecular formula is C14H24N2O3. The second-order valence-corrected chi connectivity index (χ2v) is 6.50. The van der Waals surface area contributed by atoms with E-state index in [1.54, 1.807) is 4.90 Å². The van der Waals surface area contributed by atoms with E-state index in [4.69, 9.17) is 5.11 Å². The summed E-state index contributed by atoms with van der Waals surface area (Å²) < 4.78 is 0. The lowest BCUT2D eigenvalue weighted by Gasteiger charge is -2.23. The van der Waals surface area contributed by atoms with Crippen molar-refractivity contribution in [3.8, 4) is 0 Å². The molecule has 0 aromatic rings. The van der Waals surface area contributed by atoms with Gasteiger partial charge in [0.15, 0.2) is 0 Å². The van der Waals surface area contributed by atoms with Gasteiger partial charge in [0.25, 0.3) is 0 Å². The summed E-state index contributed by atoms with van der Waals surface area (Å²) in [4.78, 5) is 24.8. The van der Waals surface area contributed by atoms with Crippen molar-refractivity contribution in [2.24, 2.45) is 23.2 Å². The molecule has 0 radical (unpaired) electrons. The van der Waals surface area contributed by atoms with Crippen LogP contribution in [0.2, 0.25) is 0 Å². The maximum Gasteiger partial charge on any atom is 0.317 e. The first-order valence-corrected chi connectivity index (χ1v) is 7.11. The monoisotopic (exact) mass is 268 g/mol. The number of likely N-dealkylation sites (tertiary alicyclic amines) is 1.